The normalized spacial score (nSPS) is 9.62. The first-order chi connectivity index (χ1) is 6.33. The first-order valence-electron chi connectivity index (χ1n) is 4.32. The molecule has 1 rings (SSSR count). The van der Waals surface area contributed by atoms with Gasteiger partial charge in [0.1, 0.15) is 11.6 Å². The molecule has 0 aliphatic heterocycles. The van der Waals surface area contributed by atoms with E-state index in [2.05, 4.69) is 6.58 Å². The molecule has 0 aliphatic carbocycles. The van der Waals surface area contributed by atoms with Gasteiger partial charge in [0.05, 0.1) is 6.61 Å². The van der Waals surface area contributed by atoms with Crippen LogP contribution in [0, 0.1) is 5.82 Å². The zero-order chi connectivity index (χ0) is 9.52. The summed E-state index contributed by atoms with van der Waals surface area (Å²) in [5.74, 6) is 0.324. The molecule has 0 N–H and O–H groups in total. The van der Waals surface area contributed by atoms with Crippen LogP contribution in [0.5, 0.6) is 5.75 Å². The van der Waals surface area contributed by atoms with Gasteiger partial charge in [0.25, 0.3) is 0 Å². The van der Waals surface area contributed by atoms with Crippen molar-refractivity contribution in [3.63, 3.8) is 0 Å². The molecule has 1 aromatic rings. The topological polar surface area (TPSA) is 9.23 Å². The van der Waals surface area contributed by atoms with Crippen LogP contribution in [-0.4, -0.2) is 6.61 Å². The zero-order valence-corrected chi connectivity index (χ0v) is 7.50. The summed E-state index contributed by atoms with van der Waals surface area (Å²) in [6, 6.07) is 6.17. The van der Waals surface area contributed by atoms with E-state index < -0.39 is 0 Å². The second-order valence-corrected chi connectivity index (χ2v) is 2.74. The number of halogens is 1. The summed E-state index contributed by atoms with van der Waals surface area (Å²) < 4.78 is 17.9. The molecule has 0 aromatic heterocycles. The fourth-order valence-corrected chi connectivity index (χ4v) is 0.974. The van der Waals surface area contributed by atoms with Crippen molar-refractivity contribution in [1.82, 2.24) is 0 Å². The van der Waals surface area contributed by atoms with Crippen LogP contribution < -0.4 is 4.74 Å². The van der Waals surface area contributed by atoms with E-state index in [1.54, 1.807) is 12.1 Å². The highest BCUT2D eigenvalue weighted by Crippen LogP contribution is 2.12. The Morgan fingerprint density at radius 2 is 2.31 bits per heavy atom. The Balaban J connectivity index is 2.32. The van der Waals surface area contributed by atoms with Crippen LogP contribution in [0.2, 0.25) is 0 Å². The Morgan fingerprint density at radius 3 is 3.00 bits per heavy atom. The molecule has 0 saturated heterocycles. The van der Waals surface area contributed by atoms with Gasteiger partial charge in [0.2, 0.25) is 0 Å². The molecule has 0 radical (unpaired) electrons. The average Bonchev–Trinajstić information content (AvgIpc) is 2.13. The van der Waals surface area contributed by atoms with Crippen LogP contribution in [0.1, 0.15) is 12.8 Å². The standard InChI is InChI=1S/C11H13FO/c1-2-3-4-8-13-11-7-5-6-10(12)9-11/h2,5-7,9H,1,3-4,8H2. The fraction of sp³-hybridized carbons (Fsp3) is 0.273. The highest BCUT2D eigenvalue weighted by Gasteiger charge is 1.94. The molecule has 0 saturated carbocycles. The third-order valence-electron chi connectivity index (χ3n) is 1.62. The van der Waals surface area contributed by atoms with E-state index in [0.717, 1.165) is 12.8 Å². The summed E-state index contributed by atoms with van der Waals surface area (Å²) >= 11 is 0. The molecule has 13 heavy (non-hydrogen) atoms. The van der Waals surface area contributed by atoms with Crippen molar-refractivity contribution in [1.29, 1.82) is 0 Å². The van der Waals surface area contributed by atoms with Crippen LogP contribution >= 0.6 is 0 Å². The minimum atomic E-state index is -0.263. The van der Waals surface area contributed by atoms with E-state index in [-0.39, 0.29) is 5.82 Å². The number of hydrogen-bond acceptors (Lipinski definition) is 1. The summed E-state index contributed by atoms with van der Waals surface area (Å²) in [6.07, 6.45) is 3.68. The van der Waals surface area contributed by atoms with Gasteiger partial charge in [0, 0.05) is 6.07 Å². The highest BCUT2D eigenvalue weighted by atomic mass is 19.1. The van der Waals surface area contributed by atoms with Crippen LogP contribution in [0.15, 0.2) is 36.9 Å². The van der Waals surface area contributed by atoms with Crippen molar-refractivity contribution in [2.45, 2.75) is 12.8 Å². The molecule has 1 nitrogen and oxygen atoms in total. The molecule has 0 atom stereocenters. The predicted molar refractivity (Wildman–Crippen MR) is 51.3 cm³/mol. The number of allylic oxidation sites excluding steroid dienone is 1. The molecule has 0 heterocycles. The van der Waals surface area contributed by atoms with E-state index in [1.165, 1.54) is 12.1 Å². The van der Waals surface area contributed by atoms with Crippen LogP contribution in [0.3, 0.4) is 0 Å². The monoisotopic (exact) mass is 180 g/mol. The van der Waals surface area contributed by atoms with Gasteiger partial charge in [-0.3, -0.25) is 0 Å². The lowest BCUT2D eigenvalue weighted by Gasteiger charge is -2.04. The van der Waals surface area contributed by atoms with Gasteiger partial charge in [-0.15, -0.1) is 6.58 Å². The Kier molecular flexibility index (Phi) is 4.03. The first-order valence-corrected chi connectivity index (χ1v) is 4.32. The maximum absolute atomic E-state index is 12.6. The molecule has 0 spiro atoms. The van der Waals surface area contributed by atoms with Crippen molar-refractivity contribution in [2.24, 2.45) is 0 Å². The van der Waals surface area contributed by atoms with E-state index >= 15 is 0 Å². The lowest BCUT2D eigenvalue weighted by molar-refractivity contribution is 0.310. The van der Waals surface area contributed by atoms with Crippen molar-refractivity contribution >= 4 is 0 Å². The van der Waals surface area contributed by atoms with Gasteiger partial charge in [-0.2, -0.15) is 0 Å². The molecule has 70 valence electrons. The van der Waals surface area contributed by atoms with Crippen molar-refractivity contribution in [2.75, 3.05) is 6.61 Å². The predicted octanol–water partition coefficient (Wildman–Crippen LogP) is 3.17. The summed E-state index contributed by atoms with van der Waals surface area (Å²) in [4.78, 5) is 0. The second-order valence-electron chi connectivity index (χ2n) is 2.74. The van der Waals surface area contributed by atoms with E-state index in [4.69, 9.17) is 4.74 Å². The molecule has 0 aliphatic rings. The SMILES string of the molecule is C=CCCCOc1cccc(F)c1. The van der Waals surface area contributed by atoms with Gasteiger partial charge in [-0.25, -0.2) is 4.39 Å². The molecular weight excluding hydrogens is 167 g/mol. The molecule has 2 heteroatoms. The number of unbranched alkanes of at least 4 members (excludes halogenated alkanes) is 1. The van der Waals surface area contributed by atoms with E-state index in [9.17, 15) is 4.39 Å². The lowest BCUT2D eigenvalue weighted by Crippen LogP contribution is -1.96. The van der Waals surface area contributed by atoms with E-state index in [1.807, 2.05) is 6.08 Å². The zero-order valence-electron chi connectivity index (χ0n) is 7.50. The lowest BCUT2D eigenvalue weighted by atomic mass is 10.3. The molecule has 0 bridgehead atoms. The smallest absolute Gasteiger partial charge is 0.126 e. The van der Waals surface area contributed by atoms with Crippen molar-refractivity contribution in [3.05, 3.63) is 42.7 Å². The Morgan fingerprint density at radius 1 is 1.46 bits per heavy atom. The molecule has 0 fully saturated rings. The average molecular weight is 180 g/mol. The van der Waals surface area contributed by atoms with Gasteiger partial charge >= 0.3 is 0 Å². The minimum absolute atomic E-state index is 0.263. The number of ether oxygens (including phenoxy) is 1. The molecular formula is C11H13FO. The van der Waals surface area contributed by atoms with E-state index in [0.29, 0.717) is 12.4 Å². The van der Waals surface area contributed by atoms with Crippen LogP contribution in [-0.2, 0) is 0 Å². The maximum atomic E-state index is 12.6. The largest absolute Gasteiger partial charge is 0.493 e. The highest BCUT2D eigenvalue weighted by molar-refractivity contribution is 5.22. The maximum Gasteiger partial charge on any atom is 0.126 e. The van der Waals surface area contributed by atoms with Crippen molar-refractivity contribution < 1.29 is 9.13 Å². The summed E-state index contributed by atoms with van der Waals surface area (Å²) in [6.45, 7) is 4.21. The van der Waals surface area contributed by atoms with Gasteiger partial charge < -0.3 is 4.74 Å². The number of benzene rings is 1. The van der Waals surface area contributed by atoms with Crippen LogP contribution in [0.4, 0.5) is 4.39 Å². The number of hydrogen-bond donors (Lipinski definition) is 0. The molecule has 0 unspecified atom stereocenters. The number of rotatable bonds is 5. The van der Waals surface area contributed by atoms with Gasteiger partial charge in [-0.05, 0) is 25.0 Å². The summed E-state index contributed by atoms with van der Waals surface area (Å²) in [5.41, 5.74) is 0. The van der Waals surface area contributed by atoms with Crippen LogP contribution in [0.25, 0.3) is 0 Å². The Bertz CT molecular complexity index is 271. The quantitative estimate of drug-likeness (QED) is 0.499. The second kappa shape index (κ2) is 5.36. The third kappa shape index (κ3) is 3.74. The Hall–Kier alpha value is -1.31. The van der Waals surface area contributed by atoms with Gasteiger partial charge in [-0.1, -0.05) is 12.1 Å². The third-order valence-corrected chi connectivity index (χ3v) is 1.62. The molecule has 0 amide bonds. The minimum Gasteiger partial charge on any atom is -0.493 e. The fourth-order valence-electron chi connectivity index (χ4n) is 0.974. The summed E-state index contributed by atoms with van der Waals surface area (Å²) in [7, 11) is 0. The first kappa shape index (κ1) is 9.78. The van der Waals surface area contributed by atoms with Gasteiger partial charge in [0.15, 0.2) is 0 Å². The van der Waals surface area contributed by atoms with Crippen molar-refractivity contribution in [3.8, 4) is 5.75 Å². The Labute approximate surface area is 77.8 Å². The summed E-state index contributed by atoms with van der Waals surface area (Å²) in [5, 5.41) is 0. The molecule has 1 aromatic carbocycles.